The first-order valence-corrected chi connectivity index (χ1v) is 7.70. The van der Waals surface area contributed by atoms with Crippen molar-refractivity contribution in [3.8, 4) is 0 Å². The Morgan fingerprint density at radius 3 is 2.54 bits per heavy atom. The molecule has 2 aliphatic heterocycles. The molecule has 0 aromatic heterocycles. The van der Waals surface area contributed by atoms with Crippen LogP contribution in [0.2, 0.25) is 0 Å². The molecular weight excluding hydrogens is 345 g/mol. The molecule has 4 nitrogen and oxygen atoms in total. The summed E-state index contributed by atoms with van der Waals surface area (Å²) in [5.74, 6) is 0.332. The number of nitrogens with two attached hydrogens (primary N) is 1. The van der Waals surface area contributed by atoms with Gasteiger partial charge in [-0.3, -0.25) is 9.69 Å². The van der Waals surface area contributed by atoms with Crippen LogP contribution in [0.1, 0.15) is 28.7 Å². The number of nitrogens with one attached hydrogen (secondary N) is 1. The van der Waals surface area contributed by atoms with Crippen LogP contribution in [0.15, 0.2) is 48.5 Å². The summed E-state index contributed by atoms with van der Waals surface area (Å²) in [5, 5.41) is 2.97. The molecule has 0 unspecified atom stereocenters. The quantitative estimate of drug-likeness (QED) is 0.763. The van der Waals surface area contributed by atoms with E-state index in [4.69, 9.17) is 5.73 Å². The fraction of sp³-hybridized carbons (Fsp3) is 0.278. The molecule has 0 saturated carbocycles. The molecule has 1 saturated heterocycles. The van der Waals surface area contributed by atoms with Crippen molar-refractivity contribution in [1.29, 1.82) is 0 Å². The molecule has 2 aromatic carbocycles. The van der Waals surface area contributed by atoms with E-state index in [0.717, 1.165) is 18.7 Å². The smallest absolute Gasteiger partial charge is 0.242 e. The van der Waals surface area contributed by atoms with Crippen molar-refractivity contribution in [1.82, 2.24) is 10.2 Å². The Morgan fingerprint density at radius 2 is 1.79 bits per heavy atom. The number of carbonyl (C=O) groups is 1. The van der Waals surface area contributed by atoms with Gasteiger partial charge in [-0.05, 0) is 17.2 Å². The third-order valence-corrected chi connectivity index (χ3v) is 4.75. The lowest BCUT2D eigenvalue weighted by molar-refractivity contribution is -0.129. The monoisotopic (exact) mass is 365 g/mol. The highest BCUT2D eigenvalue weighted by Gasteiger charge is 2.40. The highest BCUT2D eigenvalue weighted by Crippen LogP contribution is 2.42. The van der Waals surface area contributed by atoms with Gasteiger partial charge in [-0.15, -0.1) is 24.8 Å². The van der Waals surface area contributed by atoms with Crippen molar-refractivity contribution in [2.45, 2.75) is 12.0 Å². The van der Waals surface area contributed by atoms with Crippen LogP contribution in [0.3, 0.4) is 0 Å². The molecule has 4 rings (SSSR count). The molecule has 0 bridgehead atoms. The average Bonchev–Trinajstić information content (AvgIpc) is 2.55. The molecule has 24 heavy (non-hydrogen) atoms. The van der Waals surface area contributed by atoms with Gasteiger partial charge in [-0.2, -0.15) is 0 Å². The van der Waals surface area contributed by atoms with Gasteiger partial charge in [0.05, 0.1) is 0 Å². The minimum Gasteiger partial charge on any atom is -0.398 e. The summed E-state index contributed by atoms with van der Waals surface area (Å²) in [4.78, 5) is 14.6. The Morgan fingerprint density at radius 1 is 1.04 bits per heavy atom. The van der Waals surface area contributed by atoms with Crippen molar-refractivity contribution in [2.24, 2.45) is 0 Å². The summed E-state index contributed by atoms with van der Waals surface area (Å²) in [6, 6.07) is 16.2. The fourth-order valence-corrected chi connectivity index (χ4v) is 3.75. The molecule has 6 heteroatoms. The highest BCUT2D eigenvalue weighted by molar-refractivity contribution is 5.87. The van der Waals surface area contributed by atoms with E-state index in [1.54, 1.807) is 0 Å². The Hall–Kier alpha value is -1.75. The van der Waals surface area contributed by atoms with Crippen molar-refractivity contribution < 1.29 is 4.79 Å². The van der Waals surface area contributed by atoms with E-state index in [0.29, 0.717) is 12.2 Å². The molecular formula is C18H21Cl2N3O. The van der Waals surface area contributed by atoms with Gasteiger partial charge >= 0.3 is 0 Å². The zero-order chi connectivity index (χ0) is 15.1. The number of nitrogen functional groups attached to an aromatic ring is 1. The molecule has 2 atom stereocenters. The number of halogens is 2. The van der Waals surface area contributed by atoms with E-state index >= 15 is 0 Å². The highest BCUT2D eigenvalue weighted by atomic mass is 35.5. The van der Waals surface area contributed by atoms with Crippen molar-refractivity contribution >= 4 is 36.4 Å². The minimum absolute atomic E-state index is 0. The summed E-state index contributed by atoms with van der Waals surface area (Å²) in [5.41, 5.74) is 10.4. The zero-order valence-electron chi connectivity index (χ0n) is 13.1. The third kappa shape index (κ3) is 2.97. The number of anilines is 1. The van der Waals surface area contributed by atoms with E-state index < -0.39 is 0 Å². The van der Waals surface area contributed by atoms with E-state index in [1.807, 2.05) is 18.2 Å². The lowest BCUT2D eigenvalue weighted by Crippen LogP contribution is -2.53. The van der Waals surface area contributed by atoms with Crippen LogP contribution < -0.4 is 11.1 Å². The van der Waals surface area contributed by atoms with Crippen LogP contribution in [0.5, 0.6) is 0 Å². The van der Waals surface area contributed by atoms with Crippen LogP contribution >= 0.6 is 24.8 Å². The van der Waals surface area contributed by atoms with Crippen molar-refractivity contribution in [2.75, 3.05) is 25.4 Å². The molecule has 0 spiro atoms. The van der Waals surface area contributed by atoms with Crippen LogP contribution in [0.4, 0.5) is 5.69 Å². The maximum Gasteiger partial charge on any atom is 0.242 e. The fourth-order valence-electron chi connectivity index (χ4n) is 3.75. The molecule has 2 aromatic rings. The topological polar surface area (TPSA) is 58.4 Å². The SMILES string of the molecule is Cl.Cl.Nc1cccc2c1[C@H]1C(=O)NCCN1C[C@H]2c1ccccc1. The van der Waals surface area contributed by atoms with Gasteiger partial charge in [0.25, 0.3) is 0 Å². The van der Waals surface area contributed by atoms with E-state index in [1.165, 1.54) is 11.1 Å². The molecule has 3 N–H and O–H groups in total. The number of nitrogens with zero attached hydrogens (tertiary/aromatic N) is 1. The van der Waals surface area contributed by atoms with Gasteiger partial charge in [-0.25, -0.2) is 0 Å². The second kappa shape index (κ2) is 7.43. The largest absolute Gasteiger partial charge is 0.398 e. The second-order valence-electron chi connectivity index (χ2n) is 6.00. The van der Waals surface area contributed by atoms with Gasteiger partial charge in [0.1, 0.15) is 6.04 Å². The summed E-state index contributed by atoms with van der Waals surface area (Å²) in [6.07, 6.45) is 0. The first kappa shape index (κ1) is 18.6. The first-order valence-electron chi connectivity index (χ1n) is 7.70. The summed E-state index contributed by atoms with van der Waals surface area (Å²) < 4.78 is 0. The normalized spacial score (nSPS) is 22.2. The molecule has 1 fully saturated rings. The molecule has 0 radical (unpaired) electrons. The lowest BCUT2D eigenvalue weighted by atomic mass is 9.80. The Labute approximate surface area is 154 Å². The number of piperazine rings is 1. The van der Waals surface area contributed by atoms with Crippen LogP contribution in [0, 0.1) is 0 Å². The number of carbonyl (C=O) groups excluding carboxylic acids is 1. The Kier molecular flexibility index (Phi) is 5.75. The predicted octanol–water partition coefficient (Wildman–Crippen LogP) is 2.73. The lowest BCUT2D eigenvalue weighted by Gasteiger charge is -2.43. The van der Waals surface area contributed by atoms with E-state index in [9.17, 15) is 4.79 Å². The van der Waals surface area contributed by atoms with Crippen LogP contribution in [-0.4, -0.2) is 30.4 Å². The van der Waals surface area contributed by atoms with Crippen molar-refractivity contribution in [3.05, 3.63) is 65.2 Å². The number of hydrogen-bond acceptors (Lipinski definition) is 3. The van der Waals surface area contributed by atoms with E-state index in [-0.39, 0.29) is 42.7 Å². The number of fused-ring (bicyclic) bond motifs is 3. The van der Waals surface area contributed by atoms with Gasteiger partial charge in [-0.1, -0.05) is 42.5 Å². The van der Waals surface area contributed by atoms with Gasteiger partial charge < -0.3 is 11.1 Å². The zero-order valence-corrected chi connectivity index (χ0v) is 14.8. The molecule has 2 aliphatic rings. The van der Waals surface area contributed by atoms with Crippen molar-refractivity contribution in [3.63, 3.8) is 0 Å². The molecule has 0 aliphatic carbocycles. The maximum absolute atomic E-state index is 12.4. The Balaban J connectivity index is 0.00000104. The number of amides is 1. The third-order valence-electron chi connectivity index (χ3n) is 4.75. The van der Waals surface area contributed by atoms with Gasteiger partial charge in [0.2, 0.25) is 5.91 Å². The molecule has 1 amide bonds. The van der Waals surface area contributed by atoms with E-state index in [2.05, 4.69) is 40.5 Å². The average molecular weight is 366 g/mol. The summed E-state index contributed by atoms with van der Waals surface area (Å²) in [7, 11) is 0. The molecule has 128 valence electrons. The predicted molar refractivity (Wildman–Crippen MR) is 101 cm³/mol. The number of hydrogen-bond donors (Lipinski definition) is 2. The summed E-state index contributed by atoms with van der Waals surface area (Å²) >= 11 is 0. The first-order chi connectivity index (χ1) is 10.8. The van der Waals surface area contributed by atoms with Gasteiger partial charge in [0, 0.05) is 36.8 Å². The number of benzene rings is 2. The standard InChI is InChI=1S/C18H19N3O.2ClH/c19-15-8-4-7-13-14(12-5-2-1-3-6-12)11-21-10-9-20-18(22)17(21)16(13)15;;/h1-8,14,17H,9-11,19H2,(H,20,22);2*1H/t14-,17-;;/m0../s1. The number of rotatable bonds is 1. The van der Waals surface area contributed by atoms with Gasteiger partial charge in [0.15, 0.2) is 0 Å². The minimum atomic E-state index is -0.245. The van der Waals surface area contributed by atoms with Crippen LogP contribution in [-0.2, 0) is 4.79 Å². The second-order valence-corrected chi connectivity index (χ2v) is 6.00. The summed E-state index contributed by atoms with van der Waals surface area (Å²) in [6.45, 7) is 2.44. The molecule has 2 heterocycles. The maximum atomic E-state index is 12.4. The Bertz CT molecular complexity index is 723. The van der Waals surface area contributed by atoms with Crippen LogP contribution in [0.25, 0.3) is 0 Å².